The summed E-state index contributed by atoms with van der Waals surface area (Å²) in [6.45, 7) is 0. The molecule has 1 fully saturated rings. The zero-order chi connectivity index (χ0) is 21.6. The number of hydrazone groups is 1. The van der Waals surface area contributed by atoms with E-state index in [2.05, 4.69) is 20.0 Å². The molecule has 0 bridgehead atoms. The molecule has 3 N–H and O–H groups in total. The van der Waals surface area contributed by atoms with Gasteiger partial charge in [0.2, 0.25) is 5.95 Å². The second-order valence-corrected chi connectivity index (χ2v) is 9.06. The third kappa shape index (κ3) is 3.31. The van der Waals surface area contributed by atoms with Crippen LogP contribution in [0.25, 0.3) is 11.0 Å². The molecule has 2 aromatic heterocycles. The summed E-state index contributed by atoms with van der Waals surface area (Å²) in [4.78, 5) is 23.1. The van der Waals surface area contributed by atoms with E-state index in [0.29, 0.717) is 16.5 Å². The quantitative estimate of drug-likeness (QED) is 0.653. The lowest BCUT2D eigenvalue weighted by Crippen LogP contribution is -2.48. The topological polar surface area (TPSA) is 118 Å². The molecule has 1 amide bonds. The van der Waals surface area contributed by atoms with E-state index in [-0.39, 0.29) is 5.91 Å². The molecule has 31 heavy (non-hydrogen) atoms. The Morgan fingerprint density at radius 3 is 2.61 bits per heavy atom. The van der Waals surface area contributed by atoms with Crippen LogP contribution in [-0.4, -0.2) is 42.9 Å². The highest BCUT2D eigenvalue weighted by atomic mass is 32.2. The number of fused-ring (bicyclic) bond motifs is 4. The first-order valence-corrected chi connectivity index (χ1v) is 11.4. The van der Waals surface area contributed by atoms with Crippen molar-refractivity contribution in [2.45, 2.75) is 42.5 Å². The number of hydrogen-bond acceptors (Lipinski definition) is 6. The van der Waals surface area contributed by atoms with Crippen LogP contribution in [0.1, 0.15) is 37.8 Å². The Labute approximate surface area is 181 Å². The van der Waals surface area contributed by atoms with Crippen LogP contribution in [0.2, 0.25) is 0 Å². The average molecular weight is 438 g/mol. The van der Waals surface area contributed by atoms with Crippen LogP contribution >= 0.6 is 0 Å². The van der Waals surface area contributed by atoms with Crippen molar-refractivity contribution in [1.82, 2.24) is 19.5 Å². The maximum Gasteiger partial charge on any atom is 0.268 e. The molecule has 1 aliphatic carbocycles. The van der Waals surface area contributed by atoms with E-state index in [1.54, 1.807) is 43.7 Å². The molecule has 3 aromatic rings. The minimum atomic E-state index is -1.52. The van der Waals surface area contributed by atoms with Gasteiger partial charge < -0.3 is 9.88 Å². The van der Waals surface area contributed by atoms with E-state index in [4.69, 9.17) is 10.1 Å². The third-order valence-electron chi connectivity index (χ3n) is 6.08. The van der Waals surface area contributed by atoms with Crippen molar-refractivity contribution in [3.8, 4) is 0 Å². The molecule has 2 aliphatic rings. The molecule has 3 heterocycles. The van der Waals surface area contributed by atoms with E-state index < -0.39 is 16.5 Å². The summed E-state index contributed by atoms with van der Waals surface area (Å²) in [6.07, 6.45) is 8.12. The second kappa shape index (κ2) is 7.54. The van der Waals surface area contributed by atoms with Gasteiger partial charge in [-0.25, -0.2) is 19.3 Å². The van der Waals surface area contributed by atoms with Gasteiger partial charge in [0.15, 0.2) is 0 Å². The Kier molecular flexibility index (Phi) is 4.82. The number of rotatable bonds is 3. The summed E-state index contributed by atoms with van der Waals surface area (Å²) in [7, 11) is 0.188. The molecule has 0 saturated heterocycles. The van der Waals surface area contributed by atoms with Crippen molar-refractivity contribution in [3.63, 3.8) is 0 Å². The number of nitrogens with two attached hydrogens (primary N) is 1. The summed E-state index contributed by atoms with van der Waals surface area (Å²) in [6, 6.07) is 8.93. The molecule has 1 saturated carbocycles. The molecule has 0 radical (unpaired) electrons. The van der Waals surface area contributed by atoms with E-state index >= 15 is 0 Å². The van der Waals surface area contributed by atoms with Crippen LogP contribution < -0.4 is 10.5 Å². The van der Waals surface area contributed by atoms with Gasteiger partial charge in [-0.3, -0.25) is 4.79 Å². The van der Waals surface area contributed by atoms with E-state index in [1.165, 1.54) is 5.01 Å². The van der Waals surface area contributed by atoms with Crippen LogP contribution in [0.3, 0.4) is 0 Å². The minimum absolute atomic E-state index is 0.00167. The number of benzene rings is 1. The fourth-order valence-electron chi connectivity index (χ4n) is 4.58. The van der Waals surface area contributed by atoms with Gasteiger partial charge in [0.25, 0.3) is 5.91 Å². The maximum atomic E-state index is 13.4. The Bertz CT molecular complexity index is 1210. The minimum Gasteiger partial charge on any atom is -0.324 e. The first-order valence-electron chi connectivity index (χ1n) is 10.2. The van der Waals surface area contributed by atoms with Gasteiger partial charge in [-0.15, -0.1) is 0 Å². The van der Waals surface area contributed by atoms with Crippen molar-refractivity contribution >= 4 is 45.8 Å². The average Bonchev–Trinajstić information content (AvgIpc) is 3.12. The molecular weight excluding hydrogens is 414 g/mol. The number of anilines is 2. The van der Waals surface area contributed by atoms with Crippen LogP contribution in [0.15, 0.2) is 46.5 Å². The fraction of sp³-hybridized carbons (Fsp3) is 0.333. The highest BCUT2D eigenvalue weighted by Gasteiger charge is 2.46. The molecule has 1 atom stereocenters. The number of amides is 1. The van der Waals surface area contributed by atoms with E-state index in [0.717, 1.165) is 48.9 Å². The van der Waals surface area contributed by atoms with Crippen LogP contribution in [-0.2, 0) is 21.3 Å². The summed E-state index contributed by atoms with van der Waals surface area (Å²) in [5, 5.41) is 15.3. The number of nitrogens with zero attached hydrogens (tertiary/aromatic N) is 5. The molecule has 1 aliphatic heterocycles. The monoisotopic (exact) mass is 437 g/mol. The van der Waals surface area contributed by atoms with Gasteiger partial charge in [0.05, 0.1) is 16.8 Å². The molecule has 1 aromatic carbocycles. The number of carbonyl (C=O) groups excluding carboxylic acids is 1. The zero-order valence-corrected chi connectivity index (χ0v) is 17.9. The number of nitrogens with one attached hydrogen (secondary N) is 1. The Hall–Kier alpha value is -3.11. The number of carbonyl (C=O) groups is 1. The molecule has 160 valence electrons. The van der Waals surface area contributed by atoms with Crippen molar-refractivity contribution in [2.24, 2.45) is 10.2 Å². The highest BCUT2D eigenvalue weighted by molar-refractivity contribution is 7.82. The Morgan fingerprint density at radius 1 is 1.16 bits per heavy atom. The van der Waals surface area contributed by atoms with Gasteiger partial charge in [-0.05, 0) is 43.2 Å². The summed E-state index contributed by atoms with van der Waals surface area (Å²) >= 11 is 0. The zero-order valence-electron chi connectivity index (χ0n) is 17.1. The smallest absolute Gasteiger partial charge is 0.268 e. The van der Waals surface area contributed by atoms with Crippen molar-refractivity contribution in [2.75, 3.05) is 12.4 Å². The Balaban J connectivity index is 1.59. The van der Waals surface area contributed by atoms with Crippen molar-refractivity contribution in [3.05, 3.63) is 42.2 Å². The van der Waals surface area contributed by atoms with Crippen molar-refractivity contribution in [1.29, 1.82) is 0 Å². The molecule has 10 heteroatoms. The largest absolute Gasteiger partial charge is 0.324 e. The summed E-state index contributed by atoms with van der Waals surface area (Å²) < 4.78 is 13.5. The first kappa shape index (κ1) is 19.8. The SMILES string of the molecule is CN1N=Cc2cc3cnc(Nc4ccc(S(N)=O)cc4)nc3n2C2(CCCCC2)C1=O. The molecule has 1 unspecified atom stereocenters. The molecule has 9 nitrogen and oxygen atoms in total. The maximum absolute atomic E-state index is 13.4. The van der Waals surface area contributed by atoms with Gasteiger partial charge in [0.1, 0.15) is 22.2 Å². The molecule has 1 spiro atoms. The van der Waals surface area contributed by atoms with E-state index in [1.807, 2.05) is 6.07 Å². The summed E-state index contributed by atoms with van der Waals surface area (Å²) in [5.74, 6) is 0.418. The van der Waals surface area contributed by atoms with Crippen LogP contribution in [0.4, 0.5) is 11.6 Å². The number of likely N-dealkylation sites (N-methyl/N-ethyl adjacent to an activating group) is 1. The third-order valence-corrected chi connectivity index (χ3v) is 6.81. The van der Waals surface area contributed by atoms with Gasteiger partial charge in [0, 0.05) is 24.3 Å². The predicted molar refractivity (Wildman–Crippen MR) is 119 cm³/mol. The lowest BCUT2D eigenvalue weighted by atomic mass is 9.80. The fourth-order valence-corrected chi connectivity index (χ4v) is 4.99. The Morgan fingerprint density at radius 2 is 1.90 bits per heavy atom. The number of hydrogen-bond donors (Lipinski definition) is 2. The lowest BCUT2D eigenvalue weighted by Gasteiger charge is -2.38. The highest BCUT2D eigenvalue weighted by Crippen LogP contribution is 2.41. The van der Waals surface area contributed by atoms with Gasteiger partial charge in [-0.2, -0.15) is 10.1 Å². The standard InChI is InChI=1S/C21H23N7O2S/c1-27-19(29)21(9-3-2-4-10-21)28-16(13-24-27)11-14-12-23-20(26-18(14)28)25-15-5-7-17(8-6-15)31(22)30/h5-8,11-13H,2-4,9-10,22H2,1H3,(H,23,25,26). The number of aromatic nitrogens is 3. The van der Waals surface area contributed by atoms with Gasteiger partial charge in [-0.1, -0.05) is 19.3 Å². The predicted octanol–water partition coefficient (Wildman–Crippen LogP) is 2.62. The van der Waals surface area contributed by atoms with E-state index in [9.17, 15) is 9.00 Å². The van der Waals surface area contributed by atoms with Crippen LogP contribution in [0.5, 0.6) is 0 Å². The van der Waals surface area contributed by atoms with Gasteiger partial charge >= 0.3 is 0 Å². The molecule has 5 rings (SSSR count). The molecular formula is C21H23N7O2S. The lowest BCUT2D eigenvalue weighted by molar-refractivity contribution is -0.141. The second-order valence-electron chi connectivity index (χ2n) is 7.99. The normalized spacial score (nSPS) is 18.8. The summed E-state index contributed by atoms with van der Waals surface area (Å²) in [5.41, 5.74) is 1.64. The van der Waals surface area contributed by atoms with Crippen molar-refractivity contribution < 1.29 is 9.00 Å². The first-order chi connectivity index (χ1) is 15.0. The van der Waals surface area contributed by atoms with Crippen LogP contribution in [0, 0.1) is 0 Å².